The number of rotatable bonds is 5. The number of methoxy groups -OCH3 is 1. The maximum absolute atomic E-state index is 10.6. The summed E-state index contributed by atoms with van der Waals surface area (Å²) in [4.78, 5) is 10.6. The summed E-state index contributed by atoms with van der Waals surface area (Å²) < 4.78 is 10.4. The van der Waals surface area contributed by atoms with Crippen LogP contribution in [-0.2, 0) is 14.3 Å². The van der Waals surface area contributed by atoms with Crippen LogP contribution >= 0.6 is 0 Å². The van der Waals surface area contributed by atoms with E-state index < -0.39 is 0 Å². The summed E-state index contributed by atoms with van der Waals surface area (Å²) in [6.07, 6.45) is 5.48. The highest BCUT2D eigenvalue weighted by atomic mass is 16.7. The van der Waals surface area contributed by atoms with Crippen molar-refractivity contribution < 1.29 is 14.3 Å². The lowest BCUT2D eigenvalue weighted by molar-refractivity contribution is -0.110. The number of ether oxygens (including phenoxy) is 2. The minimum atomic E-state index is -0.366. The molecular formula is C10H14O3. The highest BCUT2D eigenvalue weighted by molar-refractivity contribution is 5.75. The molecule has 0 saturated heterocycles. The SMILES string of the molecule is C=CCC[C@H]1O[C@H](OC)C=C1C=O. The van der Waals surface area contributed by atoms with Crippen molar-refractivity contribution in [3.05, 3.63) is 24.3 Å². The first kappa shape index (κ1) is 10.2. The van der Waals surface area contributed by atoms with Gasteiger partial charge in [-0.1, -0.05) is 6.08 Å². The third-order valence-corrected chi connectivity index (χ3v) is 2.00. The Morgan fingerprint density at radius 2 is 2.54 bits per heavy atom. The molecule has 13 heavy (non-hydrogen) atoms. The van der Waals surface area contributed by atoms with Gasteiger partial charge >= 0.3 is 0 Å². The summed E-state index contributed by atoms with van der Waals surface area (Å²) in [6.45, 7) is 3.62. The van der Waals surface area contributed by atoms with Gasteiger partial charge in [-0.3, -0.25) is 4.79 Å². The fraction of sp³-hybridized carbons (Fsp3) is 0.500. The molecule has 72 valence electrons. The second kappa shape index (κ2) is 4.94. The first-order chi connectivity index (χ1) is 6.31. The fourth-order valence-electron chi connectivity index (χ4n) is 1.29. The predicted molar refractivity (Wildman–Crippen MR) is 49.2 cm³/mol. The van der Waals surface area contributed by atoms with E-state index in [1.165, 1.54) is 0 Å². The van der Waals surface area contributed by atoms with Crippen LogP contribution in [0, 0.1) is 0 Å². The van der Waals surface area contributed by atoms with Gasteiger partial charge in [0.25, 0.3) is 0 Å². The Balaban J connectivity index is 2.52. The summed E-state index contributed by atoms with van der Waals surface area (Å²) in [5.41, 5.74) is 0.675. The Morgan fingerprint density at radius 3 is 3.08 bits per heavy atom. The van der Waals surface area contributed by atoms with Crippen LogP contribution in [0.4, 0.5) is 0 Å². The zero-order valence-corrected chi connectivity index (χ0v) is 7.73. The van der Waals surface area contributed by atoms with E-state index in [-0.39, 0.29) is 12.4 Å². The lowest BCUT2D eigenvalue weighted by Gasteiger charge is -2.12. The smallest absolute Gasteiger partial charge is 0.178 e. The third kappa shape index (κ3) is 2.50. The van der Waals surface area contributed by atoms with Gasteiger partial charge in [0.15, 0.2) is 6.29 Å². The van der Waals surface area contributed by atoms with E-state index in [1.807, 2.05) is 6.08 Å². The minimum Gasteiger partial charge on any atom is -0.352 e. The monoisotopic (exact) mass is 182 g/mol. The van der Waals surface area contributed by atoms with Crippen LogP contribution in [0.1, 0.15) is 12.8 Å². The zero-order chi connectivity index (χ0) is 9.68. The number of allylic oxidation sites excluding steroid dienone is 1. The van der Waals surface area contributed by atoms with Crippen molar-refractivity contribution >= 4 is 6.29 Å². The van der Waals surface area contributed by atoms with Crippen molar-refractivity contribution in [1.29, 1.82) is 0 Å². The Kier molecular flexibility index (Phi) is 3.86. The van der Waals surface area contributed by atoms with Gasteiger partial charge in [-0.15, -0.1) is 6.58 Å². The van der Waals surface area contributed by atoms with E-state index in [2.05, 4.69) is 6.58 Å². The molecule has 3 heteroatoms. The normalized spacial score (nSPS) is 27.0. The second-order valence-electron chi connectivity index (χ2n) is 2.88. The van der Waals surface area contributed by atoms with Crippen molar-refractivity contribution in [2.24, 2.45) is 0 Å². The highest BCUT2D eigenvalue weighted by Crippen LogP contribution is 2.22. The molecule has 0 N–H and O–H groups in total. The Labute approximate surface area is 78.0 Å². The van der Waals surface area contributed by atoms with E-state index in [1.54, 1.807) is 13.2 Å². The Hall–Kier alpha value is -0.930. The van der Waals surface area contributed by atoms with Gasteiger partial charge in [0.1, 0.15) is 6.29 Å². The van der Waals surface area contributed by atoms with Crippen LogP contribution in [0.15, 0.2) is 24.3 Å². The molecule has 0 spiro atoms. The predicted octanol–water partition coefficient (Wildman–Crippen LogP) is 1.45. The van der Waals surface area contributed by atoms with Gasteiger partial charge in [0.2, 0.25) is 0 Å². The first-order valence-corrected chi connectivity index (χ1v) is 4.28. The van der Waals surface area contributed by atoms with E-state index in [0.29, 0.717) is 5.57 Å². The van der Waals surface area contributed by atoms with Gasteiger partial charge < -0.3 is 9.47 Å². The summed E-state index contributed by atoms with van der Waals surface area (Å²) in [7, 11) is 1.56. The highest BCUT2D eigenvalue weighted by Gasteiger charge is 2.25. The second-order valence-corrected chi connectivity index (χ2v) is 2.88. The van der Waals surface area contributed by atoms with Crippen molar-refractivity contribution in [1.82, 2.24) is 0 Å². The molecule has 0 saturated carbocycles. The molecule has 1 heterocycles. The summed E-state index contributed by atoms with van der Waals surface area (Å²) in [6, 6.07) is 0. The van der Waals surface area contributed by atoms with Crippen molar-refractivity contribution in [2.45, 2.75) is 25.2 Å². The molecule has 1 aliphatic heterocycles. The van der Waals surface area contributed by atoms with Gasteiger partial charge in [-0.25, -0.2) is 0 Å². The molecule has 0 bridgehead atoms. The van der Waals surface area contributed by atoms with Gasteiger partial charge in [0, 0.05) is 12.7 Å². The maximum atomic E-state index is 10.6. The molecule has 0 aliphatic carbocycles. The van der Waals surface area contributed by atoms with E-state index >= 15 is 0 Å². The van der Waals surface area contributed by atoms with Gasteiger partial charge in [-0.05, 0) is 18.9 Å². The molecule has 2 atom stereocenters. The largest absolute Gasteiger partial charge is 0.352 e. The van der Waals surface area contributed by atoms with E-state index in [0.717, 1.165) is 19.1 Å². The molecule has 1 aliphatic rings. The quantitative estimate of drug-likeness (QED) is 0.477. The summed E-state index contributed by atoms with van der Waals surface area (Å²) in [5, 5.41) is 0. The molecule has 0 radical (unpaired) electrons. The Morgan fingerprint density at radius 1 is 1.77 bits per heavy atom. The average Bonchev–Trinajstić information content (AvgIpc) is 2.57. The molecule has 0 aromatic carbocycles. The average molecular weight is 182 g/mol. The minimum absolute atomic E-state index is 0.125. The fourth-order valence-corrected chi connectivity index (χ4v) is 1.29. The Bertz CT molecular complexity index is 220. The zero-order valence-electron chi connectivity index (χ0n) is 7.73. The molecule has 1 rings (SSSR count). The standard InChI is InChI=1S/C10H14O3/c1-3-4-5-9-8(7-11)6-10(12-2)13-9/h3,6-7,9-10H,1,4-5H2,2H3/t9-,10+/m1/s1. The van der Waals surface area contributed by atoms with Crippen LogP contribution in [-0.4, -0.2) is 25.8 Å². The molecule has 3 nitrogen and oxygen atoms in total. The molecule has 0 aromatic heterocycles. The summed E-state index contributed by atoms with van der Waals surface area (Å²) >= 11 is 0. The molecular weight excluding hydrogens is 168 g/mol. The first-order valence-electron chi connectivity index (χ1n) is 4.28. The van der Waals surface area contributed by atoms with Crippen LogP contribution in [0.25, 0.3) is 0 Å². The van der Waals surface area contributed by atoms with Gasteiger partial charge in [-0.2, -0.15) is 0 Å². The molecule has 0 amide bonds. The molecule has 0 fully saturated rings. The van der Waals surface area contributed by atoms with Crippen LogP contribution in [0.3, 0.4) is 0 Å². The number of hydrogen-bond donors (Lipinski definition) is 0. The lowest BCUT2D eigenvalue weighted by Crippen LogP contribution is -2.15. The van der Waals surface area contributed by atoms with Crippen LogP contribution in [0.5, 0.6) is 0 Å². The van der Waals surface area contributed by atoms with Crippen molar-refractivity contribution in [3.8, 4) is 0 Å². The molecule has 0 aromatic rings. The summed E-state index contributed by atoms with van der Waals surface area (Å²) in [5.74, 6) is 0. The number of aldehydes is 1. The number of hydrogen-bond acceptors (Lipinski definition) is 3. The van der Waals surface area contributed by atoms with Crippen LogP contribution < -0.4 is 0 Å². The number of carbonyl (C=O) groups is 1. The lowest BCUT2D eigenvalue weighted by atomic mass is 10.1. The maximum Gasteiger partial charge on any atom is 0.178 e. The van der Waals surface area contributed by atoms with Gasteiger partial charge in [0.05, 0.1) is 6.10 Å². The third-order valence-electron chi connectivity index (χ3n) is 2.00. The number of carbonyl (C=O) groups excluding carboxylic acids is 1. The topological polar surface area (TPSA) is 35.5 Å². The van der Waals surface area contributed by atoms with E-state index in [4.69, 9.17) is 9.47 Å². The van der Waals surface area contributed by atoms with E-state index in [9.17, 15) is 4.79 Å². The van der Waals surface area contributed by atoms with Crippen molar-refractivity contribution in [2.75, 3.05) is 7.11 Å². The van der Waals surface area contributed by atoms with Crippen LogP contribution in [0.2, 0.25) is 0 Å². The molecule has 0 unspecified atom stereocenters. The van der Waals surface area contributed by atoms with Crippen molar-refractivity contribution in [3.63, 3.8) is 0 Å².